The molecule has 42 heavy (non-hydrogen) atoms. The fraction of sp³-hybridized carbons (Fsp3) is 0.0500. The van der Waals surface area contributed by atoms with Crippen LogP contribution in [0.25, 0.3) is 76.9 Å². The Kier molecular flexibility index (Phi) is 5.06. The van der Waals surface area contributed by atoms with Crippen molar-refractivity contribution in [2.45, 2.75) is 12.8 Å². The number of aromatic nitrogens is 2. The first-order valence-electron chi connectivity index (χ1n) is 14.8. The van der Waals surface area contributed by atoms with Crippen molar-refractivity contribution in [3.8, 4) is 16.8 Å². The SMILES string of the molecule is C1=CC(n2c3ccccc3c3ccc(-c4ccc5c(c4)c4ccccc4n5-c4ccc5ccccc5c4)cc32)=CCC1. The summed E-state index contributed by atoms with van der Waals surface area (Å²) in [5.41, 5.74) is 9.88. The molecular weight excluding hydrogens is 508 g/mol. The summed E-state index contributed by atoms with van der Waals surface area (Å²) in [6, 6.07) is 46.8. The molecule has 1 aliphatic rings. The predicted octanol–water partition coefficient (Wildman–Crippen LogP) is 10.9. The van der Waals surface area contributed by atoms with Crippen LogP contribution in [0.2, 0.25) is 0 Å². The Bertz CT molecular complexity index is 2410. The van der Waals surface area contributed by atoms with Gasteiger partial charge in [-0.25, -0.2) is 0 Å². The average Bonchev–Trinajstić information content (AvgIpc) is 3.57. The Morgan fingerprint density at radius 2 is 1.10 bits per heavy atom. The van der Waals surface area contributed by atoms with Crippen molar-refractivity contribution in [3.63, 3.8) is 0 Å². The van der Waals surface area contributed by atoms with Gasteiger partial charge in [-0.15, -0.1) is 0 Å². The third kappa shape index (κ3) is 3.45. The van der Waals surface area contributed by atoms with E-state index in [1.165, 1.54) is 76.9 Å². The molecule has 0 saturated carbocycles. The van der Waals surface area contributed by atoms with Gasteiger partial charge in [0, 0.05) is 32.9 Å². The molecule has 0 unspecified atom stereocenters. The quantitative estimate of drug-likeness (QED) is 0.212. The molecule has 1 aliphatic carbocycles. The first-order chi connectivity index (χ1) is 20.8. The van der Waals surface area contributed by atoms with Gasteiger partial charge in [-0.1, -0.05) is 97.1 Å². The highest BCUT2D eigenvalue weighted by Crippen LogP contribution is 2.38. The van der Waals surface area contributed by atoms with Crippen LogP contribution in [0, 0.1) is 0 Å². The van der Waals surface area contributed by atoms with Crippen molar-refractivity contribution in [1.82, 2.24) is 9.13 Å². The Morgan fingerprint density at radius 3 is 1.93 bits per heavy atom. The highest BCUT2D eigenvalue weighted by atomic mass is 15.0. The van der Waals surface area contributed by atoms with Gasteiger partial charge in [0.1, 0.15) is 0 Å². The van der Waals surface area contributed by atoms with Gasteiger partial charge in [0.15, 0.2) is 0 Å². The van der Waals surface area contributed by atoms with Crippen molar-refractivity contribution in [1.29, 1.82) is 0 Å². The molecule has 0 aliphatic heterocycles. The molecule has 2 aromatic heterocycles. The van der Waals surface area contributed by atoms with Crippen molar-refractivity contribution >= 4 is 60.1 Å². The highest BCUT2D eigenvalue weighted by molar-refractivity contribution is 6.13. The smallest absolute Gasteiger partial charge is 0.0547 e. The maximum absolute atomic E-state index is 2.44. The Labute approximate surface area is 244 Å². The van der Waals surface area contributed by atoms with E-state index in [1.54, 1.807) is 0 Å². The summed E-state index contributed by atoms with van der Waals surface area (Å²) in [7, 11) is 0. The lowest BCUT2D eigenvalue weighted by Gasteiger charge is -2.13. The number of fused-ring (bicyclic) bond motifs is 7. The van der Waals surface area contributed by atoms with E-state index in [9.17, 15) is 0 Å². The zero-order valence-corrected chi connectivity index (χ0v) is 23.2. The van der Waals surface area contributed by atoms with Gasteiger partial charge in [-0.05, 0) is 83.3 Å². The van der Waals surface area contributed by atoms with Gasteiger partial charge in [0.25, 0.3) is 0 Å². The summed E-state index contributed by atoms with van der Waals surface area (Å²) in [5, 5.41) is 7.65. The molecular formula is C40H28N2. The lowest BCUT2D eigenvalue weighted by atomic mass is 10.0. The minimum Gasteiger partial charge on any atom is -0.310 e. The maximum atomic E-state index is 2.44. The second kappa shape index (κ2) is 9.09. The first-order valence-corrected chi connectivity index (χ1v) is 14.8. The molecule has 0 amide bonds. The molecule has 0 N–H and O–H groups in total. The normalized spacial score (nSPS) is 13.6. The summed E-state index contributed by atoms with van der Waals surface area (Å²) in [5.74, 6) is 0. The number of allylic oxidation sites excluding steroid dienone is 4. The van der Waals surface area contributed by atoms with Crippen LogP contribution in [0.1, 0.15) is 12.8 Å². The van der Waals surface area contributed by atoms with Crippen LogP contribution in [0.4, 0.5) is 0 Å². The van der Waals surface area contributed by atoms with E-state index < -0.39 is 0 Å². The van der Waals surface area contributed by atoms with Crippen LogP contribution in [-0.2, 0) is 0 Å². The zero-order valence-electron chi connectivity index (χ0n) is 23.2. The molecule has 2 nitrogen and oxygen atoms in total. The van der Waals surface area contributed by atoms with Crippen LogP contribution < -0.4 is 0 Å². The van der Waals surface area contributed by atoms with Crippen LogP contribution >= 0.6 is 0 Å². The number of nitrogens with zero attached hydrogens (tertiary/aromatic N) is 2. The third-order valence-electron chi connectivity index (χ3n) is 8.90. The topological polar surface area (TPSA) is 9.86 Å². The largest absolute Gasteiger partial charge is 0.310 e. The fourth-order valence-electron chi connectivity index (χ4n) is 6.94. The predicted molar refractivity (Wildman–Crippen MR) is 179 cm³/mol. The van der Waals surface area contributed by atoms with E-state index in [4.69, 9.17) is 0 Å². The maximum Gasteiger partial charge on any atom is 0.0547 e. The van der Waals surface area contributed by atoms with E-state index in [2.05, 4.69) is 155 Å². The number of benzene rings is 6. The van der Waals surface area contributed by atoms with Crippen molar-refractivity contribution in [2.24, 2.45) is 0 Å². The molecule has 0 atom stereocenters. The highest BCUT2D eigenvalue weighted by Gasteiger charge is 2.16. The second-order valence-corrected chi connectivity index (χ2v) is 11.3. The number of hydrogen-bond donors (Lipinski definition) is 0. The van der Waals surface area contributed by atoms with Gasteiger partial charge in [-0.2, -0.15) is 0 Å². The van der Waals surface area contributed by atoms with Gasteiger partial charge in [0.2, 0.25) is 0 Å². The first kappa shape index (κ1) is 23.4. The lowest BCUT2D eigenvalue weighted by Crippen LogP contribution is -1.97. The van der Waals surface area contributed by atoms with Crippen LogP contribution in [0.5, 0.6) is 0 Å². The van der Waals surface area contributed by atoms with E-state index in [1.807, 2.05) is 0 Å². The van der Waals surface area contributed by atoms with Gasteiger partial charge in [-0.3, -0.25) is 0 Å². The summed E-state index contributed by atoms with van der Waals surface area (Å²) >= 11 is 0. The molecule has 6 aromatic carbocycles. The standard InChI is InChI=1S/C40H28N2/c1-2-12-31(13-3-1)41-37-16-8-6-14-33(37)35-22-19-30(26-40(35)41)29-20-23-39-36(25-29)34-15-7-9-17-38(34)42(39)32-21-18-27-10-4-5-11-28(27)24-32/h2,4-26H,1,3H2. The van der Waals surface area contributed by atoms with Crippen LogP contribution in [-0.4, -0.2) is 9.13 Å². The van der Waals surface area contributed by atoms with Crippen molar-refractivity contribution in [2.75, 3.05) is 0 Å². The van der Waals surface area contributed by atoms with E-state index in [-0.39, 0.29) is 0 Å². The van der Waals surface area contributed by atoms with Crippen LogP contribution in [0.15, 0.2) is 146 Å². The molecule has 0 saturated heterocycles. The van der Waals surface area contributed by atoms with Gasteiger partial charge in [0.05, 0.1) is 22.1 Å². The Balaban J connectivity index is 1.26. The fourth-order valence-corrected chi connectivity index (χ4v) is 6.94. The van der Waals surface area contributed by atoms with E-state index in [0.717, 1.165) is 12.8 Å². The average molecular weight is 537 g/mol. The summed E-state index contributed by atoms with van der Waals surface area (Å²) in [4.78, 5) is 0. The number of rotatable bonds is 3. The number of hydrogen-bond acceptors (Lipinski definition) is 0. The molecule has 0 spiro atoms. The Hall–Kier alpha value is -5.34. The van der Waals surface area contributed by atoms with E-state index in [0.29, 0.717) is 0 Å². The summed E-state index contributed by atoms with van der Waals surface area (Å²) < 4.78 is 4.85. The zero-order chi connectivity index (χ0) is 27.6. The molecule has 2 heterocycles. The monoisotopic (exact) mass is 536 g/mol. The summed E-state index contributed by atoms with van der Waals surface area (Å²) in [6.45, 7) is 0. The number of para-hydroxylation sites is 2. The molecule has 9 rings (SSSR count). The molecule has 198 valence electrons. The minimum atomic E-state index is 1.08. The Morgan fingerprint density at radius 1 is 0.429 bits per heavy atom. The van der Waals surface area contributed by atoms with Crippen molar-refractivity contribution < 1.29 is 0 Å². The minimum absolute atomic E-state index is 1.08. The van der Waals surface area contributed by atoms with Gasteiger partial charge < -0.3 is 9.13 Å². The van der Waals surface area contributed by atoms with E-state index >= 15 is 0 Å². The van der Waals surface area contributed by atoms with Gasteiger partial charge >= 0.3 is 0 Å². The molecule has 0 bridgehead atoms. The third-order valence-corrected chi connectivity index (χ3v) is 8.90. The molecule has 0 fully saturated rings. The summed E-state index contributed by atoms with van der Waals surface area (Å²) in [6.07, 6.45) is 9.12. The van der Waals surface area contributed by atoms with Crippen LogP contribution in [0.3, 0.4) is 0 Å². The lowest BCUT2D eigenvalue weighted by molar-refractivity contribution is 1.02. The second-order valence-electron chi connectivity index (χ2n) is 11.3. The molecule has 0 radical (unpaired) electrons. The van der Waals surface area contributed by atoms with Crippen molar-refractivity contribution in [3.05, 3.63) is 146 Å². The molecule has 2 heteroatoms. The molecule has 8 aromatic rings.